The molecule has 0 spiro atoms. The smallest absolute Gasteiger partial charge is 0.119 e. The molecule has 18 heavy (non-hydrogen) atoms. The zero-order valence-electron chi connectivity index (χ0n) is 12.0. The molecule has 1 aliphatic rings. The largest absolute Gasteiger partial charge is 0.497 e. The van der Waals surface area contributed by atoms with Crippen LogP contribution in [0.3, 0.4) is 0 Å². The highest BCUT2D eigenvalue weighted by atomic mass is 16.5. The number of fused-ring (bicyclic) bond motifs is 1. The highest BCUT2D eigenvalue weighted by molar-refractivity contribution is 5.43. The van der Waals surface area contributed by atoms with Gasteiger partial charge in [0.2, 0.25) is 0 Å². The van der Waals surface area contributed by atoms with E-state index in [-0.39, 0.29) is 0 Å². The average Bonchev–Trinajstić information content (AvgIpc) is 2.37. The van der Waals surface area contributed by atoms with Gasteiger partial charge in [0.25, 0.3) is 0 Å². The van der Waals surface area contributed by atoms with Crippen molar-refractivity contribution in [2.24, 2.45) is 0 Å². The van der Waals surface area contributed by atoms with E-state index in [0.717, 1.165) is 12.3 Å². The molecular formula is C16H25NO. The molecule has 0 saturated carbocycles. The fraction of sp³-hybridized carbons (Fsp3) is 0.625. The summed E-state index contributed by atoms with van der Waals surface area (Å²) in [6.07, 6.45) is 3.78. The molecule has 1 aliphatic carbocycles. The van der Waals surface area contributed by atoms with Crippen molar-refractivity contribution < 1.29 is 4.74 Å². The molecule has 1 aromatic carbocycles. The summed E-state index contributed by atoms with van der Waals surface area (Å²) in [4.78, 5) is 0. The van der Waals surface area contributed by atoms with Crippen LogP contribution < -0.4 is 10.1 Å². The van der Waals surface area contributed by atoms with Gasteiger partial charge in [-0.2, -0.15) is 0 Å². The predicted octanol–water partition coefficient (Wildman–Crippen LogP) is 3.46. The number of nitrogens with one attached hydrogen (secondary N) is 1. The van der Waals surface area contributed by atoms with Gasteiger partial charge in [0.05, 0.1) is 7.11 Å². The summed E-state index contributed by atoms with van der Waals surface area (Å²) < 4.78 is 5.39. The number of hydrogen-bond donors (Lipinski definition) is 1. The van der Waals surface area contributed by atoms with Crippen molar-refractivity contribution in [1.29, 1.82) is 0 Å². The standard InChI is InChI=1S/C16H25NO/c1-16(2)9-7-12(8-10-17-3)14-11-13(18-4)5-6-15(14)16/h5-6,11-12,17H,7-10H2,1-4H3. The maximum absolute atomic E-state index is 5.39. The molecule has 0 aliphatic heterocycles. The van der Waals surface area contributed by atoms with E-state index in [1.807, 2.05) is 7.05 Å². The second kappa shape index (κ2) is 5.31. The highest BCUT2D eigenvalue weighted by Gasteiger charge is 2.32. The first kappa shape index (κ1) is 13.4. The zero-order valence-corrected chi connectivity index (χ0v) is 12.0. The van der Waals surface area contributed by atoms with Crippen LogP contribution in [0.4, 0.5) is 0 Å². The first-order chi connectivity index (χ1) is 8.58. The van der Waals surface area contributed by atoms with Crippen molar-refractivity contribution in [2.75, 3.05) is 20.7 Å². The third-order valence-electron chi connectivity index (χ3n) is 4.29. The van der Waals surface area contributed by atoms with E-state index in [2.05, 4.69) is 37.4 Å². The van der Waals surface area contributed by atoms with Crippen molar-refractivity contribution in [1.82, 2.24) is 5.32 Å². The molecular weight excluding hydrogens is 222 g/mol. The molecule has 0 saturated heterocycles. The maximum atomic E-state index is 5.39. The highest BCUT2D eigenvalue weighted by Crippen LogP contribution is 2.44. The molecule has 2 rings (SSSR count). The summed E-state index contributed by atoms with van der Waals surface area (Å²) >= 11 is 0. The summed E-state index contributed by atoms with van der Waals surface area (Å²) in [5.74, 6) is 1.66. The van der Waals surface area contributed by atoms with Crippen LogP contribution in [0.2, 0.25) is 0 Å². The molecule has 0 fully saturated rings. The normalized spacial score (nSPS) is 21.4. The first-order valence-electron chi connectivity index (χ1n) is 6.91. The molecule has 2 heteroatoms. The second-order valence-electron chi connectivity index (χ2n) is 5.96. The lowest BCUT2D eigenvalue weighted by atomic mass is 9.68. The van der Waals surface area contributed by atoms with E-state index in [1.165, 1.54) is 30.4 Å². The molecule has 2 nitrogen and oxygen atoms in total. The van der Waals surface area contributed by atoms with E-state index < -0.39 is 0 Å². The Balaban J connectivity index is 2.36. The van der Waals surface area contributed by atoms with Gasteiger partial charge in [-0.1, -0.05) is 19.9 Å². The first-order valence-corrected chi connectivity index (χ1v) is 6.91. The number of benzene rings is 1. The minimum Gasteiger partial charge on any atom is -0.497 e. The van der Waals surface area contributed by atoms with Crippen LogP contribution in [0.5, 0.6) is 5.75 Å². The maximum Gasteiger partial charge on any atom is 0.119 e. The summed E-state index contributed by atoms with van der Waals surface area (Å²) in [7, 11) is 3.78. The lowest BCUT2D eigenvalue weighted by molar-refractivity contribution is 0.374. The van der Waals surface area contributed by atoms with Gasteiger partial charge in [-0.25, -0.2) is 0 Å². The molecule has 1 aromatic rings. The quantitative estimate of drug-likeness (QED) is 0.879. The Bertz CT molecular complexity index is 412. The third kappa shape index (κ3) is 2.54. The van der Waals surface area contributed by atoms with E-state index in [9.17, 15) is 0 Å². The molecule has 0 heterocycles. The van der Waals surface area contributed by atoms with Crippen molar-refractivity contribution in [3.05, 3.63) is 29.3 Å². The summed E-state index contributed by atoms with van der Waals surface area (Å²) in [5.41, 5.74) is 3.31. The number of rotatable bonds is 4. The van der Waals surface area contributed by atoms with Crippen LogP contribution in [0.1, 0.15) is 50.2 Å². The third-order valence-corrected chi connectivity index (χ3v) is 4.29. The topological polar surface area (TPSA) is 21.3 Å². The van der Waals surface area contributed by atoms with Crippen LogP contribution in [-0.2, 0) is 5.41 Å². The molecule has 1 unspecified atom stereocenters. The monoisotopic (exact) mass is 247 g/mol. The van der Waals surface area contributed by atoms with Crippen LogP contribution >= 0.6 is 0 Å². The van der Waals surface area contributed by atoms with Crippen LogP contribution in [0.15, 0.2) is 18.2 Å². The Hall–Kier alpha value is -1.02. The van der Waals surface area contributed by atoms with Crippen molar-refractivity contribution in [2.45, 2.75) is 44.4 Å². The SMILES string of the molecule is CNCCC1CCC(C)(C)c2ccc(OC)cc21. The molecule has 0 bridgehead atoms. The Morgan fingerprint density at radius 2 is 2.17 bits per heavy atom. The number of hydrogen-bond acceptors (Lipinski definition) is 2. The fourth-order valence-corrected chi connectivity index (χ4v) is 3.07. The van der Waals surface area contributed by atoms with E-state index >= 15 is 0 Å². The second-order valence-corrected chi connectivity index (χ2v) is 5.96. The number of ether oxygens (including phenoxy) is 1. The van der Waals surface area contributed by atoms with Gasteiger partial charge in [0.15, 0.2) is 0 Å². The van der Waals surface area contributed by atoms with Gasteiger partial charge in [-0.15, -0.1) is 0 Å². The van der Waals surface area contributed by atoms with Gasteiger partial charge < -0.3 is 10.1 Å². The van der Waals surface area contributed by atoms with Crippen molar-refractivity contribution in [3.8, 4) is 5.75 Å². The van der Waals surface area contributed by atoms with Crippen molar-refractivity contribution >= 4 is 0 Å². The van der Waals surface area contributed by atoms with Crippen LogP contribution in [0, 0.1) is 0 Å². The zero-order chi connectivity index (χ0) is 13.2. The Morgan fingerprint density at radius 3 is 2.83 bits per heavy atom. The van der Waals surface area contributed by atoms with Crippen molar-refractivity contribution in [3.63, 3.8) is 0 Å². The molecule has 0 aromatic heterocycles. The molecule has 0 amide bonds. The fourth-order valence-electron chi connectivity index (χ4n) is 3.07. The summed E-state index contributed by atoms with van der Waals surface area (Å²) in [5, 5.41) is 3.26. The molecule has 1 atom stereocenters. The van der Waals surface area contributed by atoms with Gasteiger partial charge in [-0.05, 0) is 67.4 Å². The van der Waals surface area contributed by atoms with Gasteiger partial charge in [0, 0.05) is 0 Å². The molecule has 1 N–H and O–H groups in total. The van der Waals surface area contributed by atoms with E-state index in [1.54, 1.807) is 7.11 Å². The van der Waals surface area contributed by atoms with E-state index in [0.29, 0.717) is 11.3 Å². The summed E-state index contributed by atoms with van der Waals surface area (Å²) in [6, 6.07) is 6.61. The minimum atomic E-state index is 0.303. The molecule has 0 radical (unpaired) electrons. The molecule has 100 valence electrons. The number of methoxy groups -OCH3 is 1. The minimum absolute atomic E-state index is 0.303. The van der Waals surface area contributed by atoms with Gasteiger partial charge >= 0.3 is 0 Å². The van der Waals surface area contributed by atoms with Gasteiger partial charge in [0.1, 0.15) is 5.75 Å². The lowest BCUT2D eigenvalue weighted by Gasteiger charge is -2.37. The van der Waals surface area contributed by atoms with Crippen LogP contribution in [-0.4, -0.2) is 20.7 Å². The Labute approximate surface area is 111 Å². The lowest BCUT2D eigenvalue weighted by Crippen LogP contribution is -2.27. The van der Waals surface area contributed by atoms with E-state index in [4.69, 9.17) is 4.74 Å². The predicted molar refractivity (Wildman–Crippen MR) is 76.5 cm³/mol. The van der Waals surface area contributed by atoms with Crippen LogP contribution in [0.25, 0.3) is 0 Å². The van der Waals surface area contributed by atoms with Gasteiger partial charge in [-0.3, -0.25) is 0 Å². The summed E-state index contributed by atoms with van der Waals surface area (Å²) in [6.45, 7) is 5.79. The average molecular weight is 247 g/mol. The Kier molecular flexibility index (Phi) is 3.96. The Morgan fingerprint density at radius 1 is 1.39 bits per heavy atom.